The van der Waals surface area contributed by atoms with Gasteiger partial charge in [0.25, 0.3) is 0 Å². The number of carbonyl (C=O) groups is 15. The summed E-state index contributed by atoms with van der Waals surface area (Å²) in [7, 11) is 0. The first-order chi connectivity index (χ1) is 50.9. The number of aliphatic imine (C=N–C) groups is 3. The van der Waals surface area contributed by atoms with Crippen LogP contribution in [0, 0.1) is 5.92 Å². The van der Waals surface area contributed by atoms with Crippen molar-refractivity contribution in [2.24, 2.45) is 89.7 Å². The zero-order chi connectivity index (χ0) is 81.3. The third-order valence-corrected chi connectivity index (χ3v) is 17.0. The minimum Gasteiger partial charge on any atom is -0.370 e. The molecule has 2 rings (SSSR count). The predicted molar refractivity (Wildman–Crippen MR) is 398 cm³/mol. The van der Waals surface area contributed by atoms with Crippen LogP contribution in [0.25, 0.3) is 0 Å². The molecule has 13 atom stereocenters. The number of nitrogens with two attached hydrogens (primary N) is 12. The van der Waals surface area contributed by atoms with E-state index < -0.39 is 199 Å². The standard InChI is InChI=1S/C66H115N27O15/c1-34(2)51(52(72)97)92-61(106)45(32-49(71)95)90-58(103)41(20-10-12-26-68)87-59(104)43(23-24-48(70)94)88-62(107)47(22-15-29-81-66(77)78)93-35(3)30-46(63(93)108)91-53(98)36(4)83-50(96)33-82-56(101)40(19-9-11-25-67)86-57(102)42(21-14-28-80-65(75)76)85-54(99)37(5)84-60(105)44(31-38-16-7-6-8-17-38)89-55(100)39(69)18-13-27-79-64(73)74/h6-8,16-17,34-37,39-47,51H,9-15,18-33,67-69H2,1-5H3,(H2,70,94)(H2,71,95)(H2,72,97)(H,82,101)(H,83,96)(H,84,105)(H,85,99)(H,86,102)(H,87,104)(H,88,107)(H,89,100)(H,90,103)(H,91,98)(H,92,106)(H4,73,74,79)(H4,75,76,80)(H4,77,78,81)/t35?,36-,37-,39-,40-,41-,42-,43-,44-,45-,46-,47-,51-/m0/s1. The molecular formula is C66H115N27O15. The molecule has 0 aromatic heterocycles. The maximum atomic E-state index is 14.6. The number of amides is 15. The molecule has 604 valence electrons. The summed E-state index contributed by atoms with van der Waals surface area (Å²) in [5.41, 5.74) is 67.6. The SMILES string of the molecule is CC(C)[C@H](NC(=O)[C@H](CC(N)=O)NC(=O)[C@H](CCCCN)NC(=O)[C@H](CCC(N)=O)NC(=O)[C@H](CCCN=C(N)N)N1C(=O)[C@@H](NC(=O)[C@H](C)NC(=O)CNC(=O)[C@H](CCCCN)NC(=O)[C@H](CCCN=C(N)N)NC(=O)[C@H](C)NC(=O)[C@H](Cc2ccccc2)NC(=O)[C@@H](N)CCCN=C(N)N)CC1C)C(N)=O. The van der Waals surface area contributed by atoms with E-state index in [4.69, 9.17) is 68.8 Å². The van der Waals surface area contributed by atoms with Crippen molar-refractivity contribution in [1.29, 1.82) is 0 Å². The molecule has 1 saturated heterocycles. The topological polar surface area (TPSA) is 741 Å². The second kappa shape index (κ2) is 48.9. The molecular weight excluding hydrogens is 1410 g/mol. The maximum Gasteiger partial charge on any atom is 0.246 e. The molecule has 108 heavy (non-hydrogen) atoms. The van der Waals surface area contributed by atoms with Gasteiger partial charge in [0.05, 0.1) is 19.0 Å². The molecule has 0 radical (unpaired) electrons. The Kier molecular flexibility index (Phi) is 42.2. The Hall–Kier alpha value is -11.0. The molecule has 1 aromatic carbocycles. The normalized spacial score (nSPS) is 16.2. The first-order valence-corrected chi connectivity index (χ1v) is 35.8. The van der Waals surface area contributed by atoms with Gasteiger partial charge in [-0.15, -0.1) is 0 Å². The smallest absolute Gasteiger partial charge is 0.246 e. The zero-order valence-electron chi connectivity index (χ0n) is 62.1. The largest absolute Gasteiger partial charge is 0.370 e. The van der Waals surface area contributed by atoms with Crippen molar-refractivity contribution < 1.29 is 71.9 Å². The Bertz CT molecular complexity index is 3300. The van der Waals surface area contributed by atoms with E-state index >= 15 is 0 Å². The molecule has 0 spiro atoms. The van der Waals surface area contributed by atoms with Crippen molar-refractivity contribution in [1.82, 2.24) is 63.4 Å². The number of rotatable bonds is 52. The summed E-state index contributed by atoms with van der Waals surface area (Å²) in [5, 5.41) is 27.8. The molecule has 1 fully saturated rings. The second-order valence-electron chi connectivity index (χ2n) is 26.5. The summed E-state index contributed by atoms with van der Waals surface area (Å²) in [5.74, 6) is -14.5. The molecule has 0 saturated carbocycles. The number of carbonyl (C=O) groups excluding carboxylic acids is 15. The number of hydrogen-bond acceptors (Lipinski definition) is 21. The van der Waals surface area contributed by atoms with Crippen molar-refractivity contribution in [2.75, 3.05) is 39.3 Å². The van der Waals surface area contributed by atoms with E-state index in [1.807, 2.05) is 0 Å². The molecule has 1 heterocycles. The lowest BCUT2D eigenvalue weighted by Gasteiger charge is -2.32. The van der Waals surface area contributed by atoms with E-state index in [0.29, 0.717) is 31.2 Å². The van der Waals surface area contributed by atoms with Crippen molar-refractivity contribution >= 4 is 106 Å². The number of benzene rings is 1. The highest BCUT2D eigenvalue weighted by molar-refractivity contribution is 6.00. The Balaban J connectivity index is 2.35. The first kappa shape index (κ1) is 93.0. The van der Waals surface area contributed by atoms with Gasteiger partial charge < -0.3 is 132 Å². The van der Waals surface area contributed by atoms with Gasteiger partial charge in [0.1, 0.15) is 66.5 Å². The highest BCUT2D eigenvalue weighted by atomic mass is 16.2. The summed E-state index contributed by atoms with van der Waals surface area (Å²) >= 11 is 0. The number of hydrogen-bond donors (Lipinski definition) is 23. The Morgan fingerprint density at radius 3 is 1.42 bits per heavy atom. The van der Waals surface area contributed by atoms with Crippen LogP contribution < -0.4 is 127 Å². The van der Waals surface area contributed by atoms with Crippen molar-refractivity contribution in [3.05, 3.63) is 35.9 Å². The fourth-order valence-corrected chi connectivity index (χ4v) is 11.2. The third-order valence-electron chi connectivity index (χ3n) is 17.0. The quantitative estimate of drug-likeness (QED) is 0.0164. The number of primary amides is 3. The van der Waals surface area contributed by atoms with E-state index in [9.17, 15) is 71.9 Å². The lowest BCUT2D eigenvalue weighted by atomic mass is 10.0. The number of likely N-dealkylation sites (tertiary alicyclic amines) is 1. The molecule has 1 aromatic rings. The monoisotopic (exact) mass is 1530 g/mol. The van der Waals surface area contributed by atoms with Crippen LogP contribution in [0.5, 0.6) is 0 Å². The zero-order valence-corrected chi connectivity index (χ0v) is 62.1. The van der Waals surface area contributed by atoms with Gasteiger partial charge in [-0.05, 0) is 135 Å². The van der Waals surface area contributed by atoms with Gasteiger partial charge in [0.2, 0.25) is 88.6 Å². The molecule has 1 unspecified atom stereocenters. The predicted octanol–water partition coefficient (Wildman–Crippen LogP) is -9.75. The van der Waals surface area contributed by atoms with Crippen molar-refractivity contribution in [3.8, 4) is 0 Å². The molecule has 42 nitrogen and oxygen atoms in total. The van der Waals surface area contributed by atoms with Crippen LogP contribution in [-0.4, -0.2) is 229 Å². The summed E-state index contributed by atoms with van der Waals surface area (Å²) in [6.07, 6.45) is -0.114. The summed E-state index contributed by atoms with van der Waals surface area (Å²) in [6, 6.07) is -8.50. The molecule has 1 aliphatic heterocycles. The third kappa shape index (κ3) is 35.4. The minimum absolute atomic E-state index is 0.000237. The summed E-state index contributed by atoms with van der Waals surface area (Å²) in [4.78, 5) is 217. The number of nitrogens with zero attached hydrogens (tertiary/aromatic N) is 4. The van der Waals surface area contributed by atoms with Crippen LogP contribution in [0.15, 0.2) is 45.3 Å². The van der Waals surface area contributed by atoms with Gasteiger partial charge in [-0.25, -0.2) is 0 Å². The van der Waals surface area contributed by atoms with E-state index in [1.54, 1.807) is 51.1 Å². The lowest BCUT2D eigenvalue weighted by molar-refractivity contribution is -0.142. The van der Waals surface area contributed by atoms with Crippen LogP contribution in [0.1, 0.15) is 143 Å². The molecule has 1 aliphatic rings. The number of nitrogens with one attached hydrogen (secondary N) is 11. The average Bonchev–Trinajstić information content (AvgIpc) is 1.64. The van der Waals surface area contributed by atoms with Gasteiger partial charge in [0.15, 0.2) is 17.9 Å². The van der Waals surface area contributed by atoms with E-state index in [2.05, 4.69) is 73.5 Å². The number of guanidine groups is 3. The number of unbranched alkanes of at least 4 members (excludes halogenated alkanes) is 2. The molecule has 42 heteroatoms. The Morgan fingerprint density at radius 2 is 0.917 bits per heavy atom. The average molecular weight is 1530 g/mol. The fourth-order valence-electron chi connectivity index (χ4n) is 11.2. The van der Waals surface area contributed by atoms with Crippen molar-refractivity contribution in [2.45, 2.75) is 222 Å². The highest BCUT2D eigenvalue weighted by Gasteiger charge is 2.45. The van der Waals surface area contributed by atoms with Crippen LogP contribution in [0.4, 0.5) is 0 Å². The molecule has 0 aliphatic carbocycles. The molecule has 15 amide bonds. The summed E-state index contributed by atoms with van der Waals surface area (Å²) in [6.45, 7) is 7.21. The van der Waals surface area contributed by atoms with Crippen LogP contribution in [-0.2, 0) is 78.3 Å². The van der Waals surface area contributed by atoms with Gasteiger partial charge in [-0.2, -0.15) is 0 Å². The van der Waals surface area contributed by atoms with E-state index in [1.165, 1.54) is 18.7 Å². The maximum absolute atomic E-state index is 14.6. The van der Waals surface area contributed by atoms with Crippen LogP contribution in [0.2, 0.25) is 0 Å². The molecule has 0 bridgehead atoms. The van der Waals surface area contributed by atoms with Gasteiger partial charge >= 0.3 is 0 Å². The first-order valence-electron chi connectivity index (χ1n) is 35.8. The molecule has 35 N–H and O–H groups in total. The van der Waals surface area contributed by atoms with Crippen LogP contribution in [0.3, 0.4) is 0 Å². The summed E-state index contributed by atoms with van der Waals surface area (Å²) < 4.78 is 0. The van der Waals surface area contributed by atoms with Gasteiger partial charge in [0, 0.05) is 38.5 Å². The Morgan fingerprint density at radius 1 is 0.472 bits per heavy atom. The highest BCUT2D eigenvalue weighted by Crippen LogP contribution is 2.25. The van der Waals surface area contributed by atoms with Gasteiger partial charge in [-0.1, -0.05) is 44.2 Å². The van der Waals surface area contributed by atoms with Gasteiger partial charge in [-0.3, -0.25) is 86.9 Å². The fraction of sp³-hybridized carbons (Fsp3) is 0.636. The minimum atomic E-state index is -1.66. The lowest BCUT2D eigenvalue weighted by Crippen LogP contribution is -2.60. The Labute approximate surface area is 626 Å². The van der Waals surface area contributed by atoms with Crippen LogP contribution >= 0.6 is 0 Å². The van der Waals surface area contributed by atoms with Crippen molar-refractivity contribution in [3.63, 3.8) is 0 Å². The van der Waals surface area contributed by atoms with E-state index in [0.717, 1.165) is 0 Å². The van der Waals surface area contributed by atoms with E-state index in [-0.39, 0.29) is 115 Å². The second-order valence-corrected chi connectivity index (χ2v) is 26.5.